The molecule has 4 rings (SSSR count). The topological polar surface area (TPSA) is 47.4 Å². The van der Waals surface area contributed by atoms with Gasteiger partial charge in [-0.15, -0.1) is 0 Å². The minimum atomic E-state index is -0.0210. The Balaban J connectivity index is 1.82. The fourth-order valence-electron chi connectivity index (χ4n) is 3.09. The summed E-state index contributed by atoms with van der Waals surface area (Å²) < 4.78 is 7.15. The molecule has 0 aliphatic carbocycles. The standard InChI is InChI=1S/C20H18ClN3O2/c21-16-6-8-17(9-7-16)24-19(15-4-2-1-3-5-15)18(14-22-24)20(25)23-10-12-26-13-11-23/h1-9,14H,10-13H2. The van der Waals surface area contributed by atoms with Gasteiger partial charge in [0.05, 0.1) is 36.4 Å². The van der Waals surface area contributed by atoms with E-state index in [0.29, 0.717) is 36.9 Å². The van der Waals surface area contributed by atoms with E-state index in [1.807, 2.05) is 59.5 Å². The molecule has 0 unspecified atom stereocenters. The Morgan fingerprint density at radius 2 is 1.69 bits per heavy atom. The predicted molar refractivity (Wildman–Crippen MR) is 101 cm³/mol. The molecule has 0 atom stereocenters. The van der Waals surface area contributed by atoms with Gasteiger partial charge in [-0.05, 0) is 24.3 Å². The second-order valence-electron chi connectivity index (χ2n) is 6.07. The number of morpholine rings is 1. The number of carbonyl (C=O) groups excluding carboxylic acids is 1. The zero-order chi connectivity index (χ0) is 17.9. The first-order chi connectivity index (χ1) is 12.7. The third-order valence-corrected chi connectivity index (χ3v) is 4.67. The molecular weight excluding hydrogens is 350 g/mol. The van der Waals surface area contributed by atoms with E-state index >= 15 is 0 Å². The number of rotatable bonds is 3. The highest BCUT2D eigenvalue weighted by atomic mass is 35.5. The maximum Gasteiger partial charge on any atom is 0.257 e. The van der Waals surface area contributed by atoms with Gasteiger partial charge in [0.15, 0.2) is 0 Å². The van der Waals surface area contributed by atoms with Crippen LogP contribution in [0.5, 0.6) is 0 Å². The molecule has 1 aromatic heterocycles. The van der Waals surface area contributed by atoms with Gasteiger partial charge in [0.2, 0.25) is 0 Å². The van der Waals surface area contributed by atoms with Crippen LogP contribution < -0.4 is 0 Å². The molecule has 6 heteroatoms. The number of amides is 1. The lowest BCUT2D eigenvalue weighted by atomic mass is 10.1. The molecule has 0 radical (unpaired) electrons. The van der Waals surface area contributed by atoms with E-state index in [1.54, 1.807) is 10.9 Å². The van der Waals surface area contributed by atoms with Crippen LogP contribution >= 0.6 is 11.6 Å². The van der Waals surface area contributed by atoms with E-state index in [-0.39, 0.29) is 5.91 Å². The molecule has 5 nitrogen and oxygen atoms in total. The molecule has 2 heterocycles. The van der Waals surface area contributed by atoms with E-state index < -0.39 is 0 Å². The second kappa shape index (κ2) is 7.32. The number of nitrogens with zero attached hydrogens (tertiary/aromatic N) is 3. The summed E-state index contributed by atoms with van der Waals surface area (Å²) in [7, 11) is 0. The number of aromatic nitrogens is 2. The highest BCUT2D eigenvalue weighted by Crippen LogP contribution is 2.28. The summed E-state index contributed by atoms with van der Waals surface area (Å²) in [6.45, 7) is 2.33. The van der Waals surface area contributed by atoms with Gasteiger partial charge in [-0.2, -0.15) is 5.10 Å². The maximum absolute atomic E-state index is 13.1. The van der Waals surface area contributed by atoms with Crippen molar-refractivity contribution in [1.82, 2.24) is 14.7 Å². The van der Waals surface area contributed by atoms with Gasteiger partial charge in [0.25, 0.3) is 5.91 Å². The SMILES string of the molecule is O=C(c1cnn(-c2ccc(Cl)cc2)c1-c1ccccc1)N1CCOCC1. The summed E-state index contributed by atoms with van der Waals surface area (Å²) in [5.41, 5.74) is 3.17. The summed E-state index contributed by atoms with van der Waals surface area (Å²) in [5.74, 6) is -0.0210. The Bertz CT molecular complexity index is 901. The van der Waals surface area contributed by atoms with Gasteiger partial charge in [0.1, 0.15) is 0 Å². The molecule has 1 aliphatic rings. The van der Waals surface area contributed by atoms with Crippen LogP contribution in [-0.2, 0) is 4.74 Å². The van der Waals surface area contributed by atoms with E-state index in [2.05, 4.69) is 5.10 Å². The van der Waals surface area contributed by atoms with Gasteiger partial charge in [-0.3, -0.25) is 4.79 Å². The van der Waals surface area contributed by atoms with Crippen molar-refractivity contribution in [2.75, 3.05) is 26.3 Å². The Morgan fingerprint density at radius 1 is 1.00 bits per heavy atom. The zero-order valence-corrected chi connectivity index (χ0v) is 14.9. The summed E-state index contributed by atoms with van der Waals surface area (Å²) in [6.07, 6.45) is 1.65. The number of halogens is 1. The van der Waals surface area contributed by atoms with Crippen molar-refractivity contribution in [2.45, 2.75) is 0 Å². The third-order valence-electron chi connectivity index (χ3n) is 4.42. The number of hydrogen-bond donors (Lipinski definition) is 0. The lowest BCUT2D eigenvalue weighted by molar-refractivity contribution is 0.0303. The molecular formula is C20H18ClN3O2. The van der Waals surface area contributed by atoms with Crippen molar-refractivity contribution in [1.29, 1.82) is 0 Å². The van der Waals surface area contributed by atoms with Gasteiger partial charge >= 0.3 is 0 Å². The van der Waals surface area contributed by atoms with Crippen LogP contribution in [0.4, 0.5) is 0 Å². The Hall–Kier alpha value is -2.63. The molecule has 1 saturated heterocycles. The first kappa shape index (κ1) is 16.8. The van der Waals surface area contributed by atoms with E-state index in [9.17, 15) is 4.79 Å². The second-order valence-corrected chi connectivity index (χ2v) is 6.50. The van der Waals surface area contributed by atoms with Crippen molar-refractivity contribution in [3.8, 4) is 16.9 Å². The van der Waals surface area contributed by atoms with Crippen molar-refractivity contribution < 1.29 is 9.53 Å². The minimum Gasteiger partial charge on any atom is -0.378 e. The van der Waals surface area contributed by atoms with E-state index in [4.69, 9.17) is 16.3 Å². The Labute approximate surface area is 156 Å². The molecule has 1 aliphatic heterocycles. The largest absolute Gasteiger partial charge is 0.378 e. The molecule has 1 amide bonds. The minimum absolute atomic E-state index is 0.0210. The smallest absolute Gasteiger partial charge is 0.257 e. The van der Waals surface area contributed by atoms with Gasteiger partial charge in [-0.1, -0.05) is 41.9 Å². The number of benzene rings is 2. The van der Waals surface area contributed by atoms with Crippen molar-refractivity contribution in [2.24, 2.45) is 0 Å². The van der Waals surface area contributed by atoms with Gasteiger partial charge in [0, 0.05) is 23.7 Å². The van der Waals surface area contributed by atoms with Crippen LogP contribution in [0.2, 0.25) is 5.02 Å². The number of carbonyl (C=O) groups is 1. The summed E-state index contributed by atoms with van der Waals surface area (Å²) in [5, 5.41) is 5.16. The highest BCUT2D eigenvalue weighted by Gasteiger charge is 2.25. The third kappa shape index (κ3) is 3.23. The van der Waals surface area contributed by atoms with E-state index in [0.717, 1.165) is 16.9 Å². The Kier molecular flexibility index (Phi) is 4.73. The lowest BCUT2D eigenvalue weighted by Gasteiger charge is -2.26. The fourth-order valence-corrected chi connectivity index (χ4v) is 3.22. The number of ether oxygens (including phenoxy) is 1. The van der Waals surface area contributed by atoms with Gasteiger partial charge < -0.3 is 9.64 Å². The maximum atomic E-state index is 13.1. The highest BCUT2D eigenvalue weighted by molar-refractivity contribution is 6.30. The van der Waals surface area contributed by atoms with Crippen molar-refractivity contribution >= 4 is 17.5 Å². The predicted octanol–water partition coefficient (Wildman–Crippen LogP) is 3.67. The quantitative estimate of drug-likeness (QED) is 0.709. The molecule has 132 valence electrons. The molecule has 3 aromatic rings. The van der Waals surface area contributed by atoms with Crippen LogP contribution in [0.1, 0.15) is 10.4 Å². The molecule has 0 N–H and O–H groups in total. The monoisotopic (exact) mass is 367 g/mol. The van der Waals surface area contributed by atoms with Crippen LogP contribution in [0.15, 0.2) is 60.8 Å². The zero-order valence-electron chi connectivity index (χ0n) is 14.1. The van der Waals surface area contributed by atoms with Crippen LogP contribution in [0.3, 0.4) is 0 Å². The summed E-state index contributed by atoms with van der Waals surface area (Å²) in [4.78, 5) is 14.9. The molecule has 0 bridgehead atoms. The van der Waals surface area contributed by atoms with Crippen LogP contribution in [0.25, 0.3) is 16.9 Å². The summed E-state index contributed by atoms with van der Waals surface area (Å²) >= 11 is 6.01. The lowest BCUT2D eigenvalue weighted by Crippen LogP contribution is -2.40. The molecule has 0 saturated carbocycles. The average Bonchev–Trinajstić information content (AvgIpc) is 3.14. The summed E-state index contributed by atoms with van der Waals surface area (Å²) in [6, 6.07) is 17.3. The first-order valence-corrected chi connectivity index (χ1v) is 8.88. The van der Waals surface area contributed by atoms with Crippen molar-refractivity contribution in [3.63, 3.8) is 0 Å². The normalized spacial score (nSPS) is 14.4. The average molecular weight is 368 g/mol. The molecule has 26 heavy (non-hydrogen) atoms. The first-order valence-electron chi connectivity index (χ1n) is 8.50. The van der Waals surface area contributed by atoms with Crippen LogP contribution in [0, 0.1) is 0 Å². The molecule has 1 fully saturated rings. The van der Waals surface area contributed by atoms with Gasteiger partial charge in [-0.25, -0.2) is 4.68 Å². The van der Waals surface area contributed by atoms with E-state index in [1.165, 1.54) is 0 Å². The molecule has 0 spiro atoms. The number of hydrogen-bond acceptors (Lipinski definition) is 3. The fraction of sp³-hybridized carbons (Fsp3) is 0.200. The molecule has 2 aromatic carbocycles. The van der Waals surface area contributed by atoms with Crippen LogP contribution in [-0.4, -0.2) is 46.9 Å². The van der Waals surface area contributed by atoms with Crippen molar-refractivity contribution in [3.05, 3.63) is 71.4 Å². The Morgan fingerprint density at radius 3 is 2.38 bits per heavy atom.